The van der Waals surface area contributed by atoms with E-state index >= 15 is 0 Å². The largest absolute Gasteiger partial charge is 2.00 e. The number of hydrogen-bond donors (Lipinski definition) is 0. The minimum Gasteiger partial charge on any atom is -0.778 e. The van der Waals surface area contributed by atoms with Crippen molar-refractivity contribution in [2.75, 3.05) is 25.5 Å². The second kappa shape index (κ2) is 74.0. The molecule has 6 nitrogen and oxygen atoms in total. The van der Waals surface area contributed by atoms with Crippen LogP contribution in [-0.2, 0) is 35.2 Å². The van der Waals surface area contributed by atoms with Gasteiger partial charge in [-0.05, 0) is 128 Å². The van der Waals surface area contributed by atoms with Crippen molar-refractivity contribution < 1.29 is 45.0 Å². The van der Waals surface area contributed by atoms with E-state index in [2.05, 4.69) is 76.3 Å². The first-order valence-corrected chi connectivity index (χ1v) is 39.2. The zero-order valence-corrected chi connectivity index (χ0v) is 57.6. The molecule has 0 aliphatic carbocycles. The quantitative estimate of drug-likeness (QED) is 0.0260. The molecule has 0 fully saturated rings. The summed E-state index contributed by atoms with van der Waals surface area (Å²) in [5.74, 6) is 0. The zero-order valence-electron chi connectivity index (χ0n) is 54.7. The van der Waals surface area contributed by atoms with E-state index in [1.54, 1.807) is 0 Å². The van der Waals surface area contributed by atoms with Crippen LogP contribution in [0.25, 0.3) is 0 Å². The van der Waals surface area contributed by atoms with Crippen LogP contribution in [0.3, 0.4) is 0 Å². The van der Waals surface area contributed by atoms with Crippen molar-refractivity contribution in [3.05, 3.63) is 48.6 Å². The Morgan fingerprint density at radius 3 is 0.568 bits per heavy atom. The van der Waals surface area contributed by atoms with Gasteiger partial charge < -0.3 is 28.0 Å². The van der Waals surface area contributed by atoms with Crippen molar-refractivity contribution in [1.29, 1.82) is 0 Å². The molecule has 0 aromatic heterocycles. The van der Waals surface area contributed by atoms with E-state index in [0.717, 1.165) is 64.2 Å². The van der Waals surface area contributed by atoms with E-state index in [1.165, 1.54) is 295 Å². The molecule has 0 heterocycles. The van der Waals surface area contributed by atoms with Gasteiger partial charge in [-0.3, -0.25) is 0 Å². The molecule has 0 spiro atoms. The van der Waals surface area contributed by atoms with Crippen LogP contribution in [0.2, 0.25) is 0 Å². The smallest absolute Gasteiger partial charge is 0.778 e. The van der Waals surface area contributed by atoms with Gasteiger partial charge in [-0.25, -0.2) is 0 Å². The number of hydrogen-bond acceptors (Lipinski definition) is 6. The summed E-state index contributed by atoms with van der Waals surface area (Å²) < 4.78 is 34.8. The van der Waals surface area contributed by atoms with E-state index in [0.29, 0.717) is 13.2 Å². The molecular formula is C72H140FeO6P2. The Bertz CT molecular complexity index is 1280. The van der Waals surface area contributed by atoms with Gasteiger partial charge in [-0.2, -0.15) is 0 Å². The first-order valence-electron chi connectivity index (χ1n) is 35.7. The topological polar surface area (TPSA) is 98.7 Å². The molecule has 0 saturated carbocycles. The van der Waals surface area contributed by atoms with Gasteiger partial charge in [0.1, 0.15) is 15.2 Å². The van der Waals surface area contributed by atoms with Crippen molar-refractivity contribution in [2.45, 2.75) is 387 Å². The molecule has 81 heavy (non-hydrogen) atoms. The zero-order chi connectivity index (χ0) is 58.5. The molecule has 9 heteroatoms. The summed E-state index contributed by atoms with van der Waals surface area (Å²) in [5.41, 5.74) is 0. The first kappa shape index (κ1) is 85.0. The fourth-order valence-corrected chi connectivity index (χ4v) is 12.6. The first-order chi connectivity index (χ1) is 39.2. The summed E-state index contributed by atoms with van der Waals surface area (Å²) in [4.78, 5) is 24.3. The monoisotopic (exact) mass is 1220 g/mol. The van der Waals surface area contributed by atoms with E-state index in [-0.39, 0.29) is 29.4 Å². The van der Waals surface area contributed by atoms with Gasteiger partial charge in [-0.1, -0.05) is 307 Å². The molecule has 0 saturated heterocycles. The minimum absolute atomic E-state index is 0. The molecule has 0 amide bonds. The average molecular weight is 1220 g/mol. The van der Waals surface area contributed by atoms with Crippen LogP contribution in [0, 0.1) is 0 Å². The summed E-state index contributed by atoms with van der Waals surface area (Å²) in [6.07, 6.45) is 89.0. The predicted octanol–water partition coefficient (Wildman–Crippen LogP) is 25.3. The summed E-state index contributed by atoms with van der Waals surface area (Å²) in [6.45, 7) is 9.82. The summed E-state index contributed by atoms with van der Waals surface area (Å²) in [5, 5.41) is 0. The third-order valence-corrected chi connectivity index (χ3v) is 18.7. The molecule has 0 aliphatic heterocycles. The maximum atomic E-state index is 12.1. The summed E-state index contributed by atoms with van der Waals surface area (Å²) in [7, 11) is -7.27. The van der Waals surface area contributed by atoms with E-state index in [1.807, 2.05) is 0 Å². The van der Waals surface area contributed by atoms with Crippen molar-refractivity contribution in [1.82, 2.24) is 0 Å². The van der Waals surface area contributed by atoms with Gasteiger partial charge in [0.25, 0.3) is 0 Å². The Labute approximate surface area is 518 Å². The SMILES string of the molecule is CCCCCCCC/C=C\CCCCCCCCOP(=O)([O-])CCCCCCCC/C=C\CCCCCCCC.CCCCCCCC/C=C\CCCCCCCCOP(=O)([O-])CCCCCCCC/C=C\CCCCCCCC.[Fe+2]. The Morgan fingerprint density at radius 2 is 0.383 bits per heavy atom. The number of rotatable bonds is 66. The molecule has 482 valence electrons. The molecule has 2 atom stereocenters. The standard InChI is InChI=1S/2C36H71O3P.Fe/c2*1-3-5-7-9-11-13-15-17-19-21-23-25-27-29-31-33-35-39-40(37,38)36-34-32-30-28-26-24-22-20-18-16-14-12-10-8-6-4-2;/h2*17-20H,3-16,21-36H2,1-2H3,(H,37,38);/q;;+2/p-2/b2*19-17-,20-18-;. The maximum Gasteiger partial charge on any atom is 2.00 e. The number of allylic oxidation sites excluding steroid dienone is 8. The molecule has 0 N–H and O–H groups in total. The normalized spacial score (nSPS) is 13.4. The van der Waals surface area contributed by atoms with Gasteiger partial charge >= 0.3 is 17.1 Å². The van der Waals surface area contributed by atoms with Crippen LogP contribution in [0.4, 0.5) is 0 Å². The molecule has 0 radical (unpaired) electrons. The Morgan fingerprint density at radius 1 is 0.235 bits per heavy atom. The van der Waals surface area contributed by atoms with E-state index < -0.39 is 15.2 Å². The predicted molar refractivity (Wildman–Crippen MR) is 355 cm³/mol. The second-order valence-electron chi connectivity index (χ2n) is 24.1. The van der Waals surface area contributed by atoms with Crippen molar-refractivity contribution in [3.8, 4) is 0 Å². The maximum absolute atomic E-state index is 12.1. The van der Waals surface area contributed by atoms with Crippen LogP contribution in [-0.4, -0.2) is 25.5 Å². The third-order valence-electron chi connectivity index (χ3n) is 15.8. The molecule has 0 aromatic rings. The van der Waals surface area contributed by atoms with Crippen LogP contribution < -0.4 is 9.79 Å². The van der Waals surface area contributed by atoms with Crippen LogP contribution in [0.5, 0.6) is 0 Å². The van der Waals surface area contributed by atoms with Gasteiger partial charge in [0.15, 0.2) is 0 Å². The fraction of sp³-hybridized carbons (Fsp3) is 0.889. The molecular weight excluding hydrogens is 1080 g/mol. The van der Waals surface area contributed by atoms with E-state index in [4.69, 9.17) is 9.05 Å². The summed E-state index contributed by atoms with van der Waals surface area (Å²) in [6, 6.07) is 0. The van der Waals surface area contributed by atoms with Gasteiger partial charge in [0.05, 0.1) is 13.2 Å². The molecule has 0 aromatic carbocycles. The van der Waals surface area contributed by atoms with Crippen molar-refractivity contribution in [2.24, 2.45) is 0 Å². The van der Waals surface area contributed by atoms with Crippen LogP contribution in [0.1, 0.15) is 387 Å². The Balaban J connectivity index is -0.00000148. The Hall–Kier alpha value is -0.221. The molecule has 0 aliphatic rings. The van der Waals surface area contributed by atoms with Crippen LogP contribution >= 0.6 is 15.2 Å². The average Bonchev–Trinajstić information content (AvgIpc) is 3.44. The number of unbranched alkanes of at least 4 members (excludes halogenated alkanes) is 48. The molecule has 2 unspecified atom stereocenters. The van der Waals surface area contributed by atoms with E-state index in [9.17, 15) is 18.9 Å². The van der Waals surface area contributed by atoms with Crippen molar-refractivity contribution >= 4 is 15.2 Å². The Kier molecular flexibility index (Phi) is 77.7. The minimum atomic E-state index is -3.64. The fourth-order valence-electron chi connectivity index (χ4n) is 10.3. The summed E-state index contributed by atoms with van der Waals surface area (Å²) >= 11 is 0. The molecule has 0 rings (SSSR count). The second-order valence-corrected chi connectivity index (χ2v) is 27.9. The van der Waals surface area contributed by atoms with Gasteiger partial charge in [0, 0.05) is 12.3 Å². The third kappa shape index (κ3) is 79.8. The van der Waals surface area contributed by atoms with Gasteiger partial charge in [-0.15, -0.1) is 0 Å². The van der Waals surface area contributed by atoms with Gasteiger partial charge in [0.2, 0.25) is 0 Å². The van der Waals surface area contributed by atoms with Crippen molar-refractivity contribution in [3.63, 3.8) is 0 Å². The van der Waals surface area contributed by atoms with Crippen LogP contribution in [0.15, 0.2) is 48.6 Å². The molecule has 0 bridgehead atoms.